The van der Waals surface area contributed by atoms with Crippen LogP contribution < -0.4 is 0 Å². The van der Waals surface area contributed by atoms with Gasteiger partial charge in [0, 0.05) is 44.0 Å². The predicted molar refractivity (Wildman–Crippen MR) is 241 cm³/mol. The zero-order chi connectivity index (χ0) is 39.6. The average molecular weight is 751 g/mol. The third-order valence-electron chi connectivity index (χ3n) is 13.5. The molecule has 11 rings (SSSR count). The number of fused-ring (bicyclic) bond motifs is 9. The van der Waals surface area contributed by atoms with Crippen molar-refractivity contribution in [1.82, 2.24) is 19.5 Å². The fourth-order valence-electron chi connectivity index (χ4n) is 10.1. The summed E-state index contributed by atoms with van der Waals surface area (Å²) in [5.74, 6) is 1.99. The van der Waals surface area contributed by atoms with Gasteiger partial charge in [-0.25, -0.2) is 15.0 Å². The van der Waals surface area contributed by atoms with Crippen LogP contribution in [-0.2, 0) is 16.2 Å². The molecule has 0 bridgehead atoms. The topological polar surface area (TPSA) is 43.6 Å². The molecule has 282 valence electrons. The van der Waals surface area contributed by atoms with Crippen molar-refractivity contribution in [3.8, 4) is 51.0 Å². The molecule has 2 heterocycles. The molecule has 9 aromatic rings. The van der Waals surface area contributed by atoms with E-state index in [0.29, 0.717) is 17.5 Å². The van der Waals surface area contributed by atoms with E-state index in [2.05, 4.69) is 174 Å². The number of nitrogens with zero attached hydrogens (tertiary/aromatic N) is 4. The molecule has 58 heavy (non-hydrogen) atoms. The lowest BCUT2D eigenvalue weighted by Gasteiger charge is -2.42. The summed E-state index contributed by atoms with van der Waals surface area (Å²) in [6, 6.07) is 53.0. The van der Waals surface area contributed by atoms with E-state index in [1.54, 1.807) is 0 Å². The van der Waals surface area contributed by atoms with Gasteiger partial charge in [-0.3, -0.25) is 0 Å². The molecule has 0 saturated heterocycles. The minimum absolute atomic E-state index is 0.0949. The highest BCUT2D eigenvalue weighted by molar-refractivity contribution is 6.19. The Labute approximate surface area is 340 Å². The molecule has 2 aliphatic rings. The number of hydrogen-bond donors (Lipinski definition) is 0. The molecular weight excluding hydrogens is 705 g/mol. The van der Waals surface area contributed by atoms with Crippen LogP contribution in [0, 0.1) is 0 Å². The summed E-state index contributed by atoms with van der Waals surface area (Å²) in [6.45, 7) is 14.3. The van der Waals surface area contributed by atoms with Crippen LogP contribution in [0.2, 0.25) is 0 Å². The Morgan fingerprint density at radius 3 is 1.76 bits per heavy atom. The fourth-order valence-corrected chi connectivity index (χ4v) is 10.1. The van der Waals surface area contributed by atoms with E-state index in [4.69, 9.17) is 15.0 Å². The van der Waals surface area contributed by atoms with Crippen LogP contribution in [-0.4, -0.2) is 19.5 Å². The Balaban J connectivity index is 1.08. The van der Waals surface area contributed by atoms with Crippen LogP contribution in [0.1, 0.15) is 76.6 Å². The Kier molecular flexibility index (Phi) is 7.39. The number of benzene rings is 7. The molecule has 2 aromatic heterocycles. The van der Waals surface area contributed by atoms with Crippen molar-refractivity contribution in [2.45, 2.75) is 70.6 Å². The monoisotopic (exact) mass is 750 g/mol. The van der Waals surface area contributed by atoms with Gasteiger partial charge in [0.2, 0.25) is 0 Å². The molecular formula is C54H46N4. The quantitative estimate of drug-likeness (QED) is 0.180. The number of rotatable bonds is 4. The second kappa shape index (κ2) is 12.3. The van der Waals surface area contributed by atoms with E-state index >= 15 is 0 Å². The minimum Gasteiger partial charge on any atom is -0.309 e. The summed E-state index contributed by atoms with van der Waals surface area (Å²) >= 11 is 0. The summed E-state index contributed by atoms with van der Waals surface area (Å²) in [4.78, 5) is 15.4. The summed E-state index contributed by atoms with van der Waals surface area (Å²) in [5, 5.41) is 5.10. The second-order valence-corrected chi connectivity index (χ2v) is 18.4. The van der Waals surface area contributed by atoms with Crippen LogP contribution >= 0.6 is 0 Å². The van der Waals surface area contributed by atoms with Gasteiger partial charge in [-0.05, 0) is 105 Å². The maximum atomic E-state index is 5.20. The molecule has 0 saturated carbocycles. The standard InChI is InChI=1S/C54H46N4/c1-52(2)28-29-53(3,4)46-32-47-42(31-45(46)52)41-27-22-33-14-10-11-17-38(33)48(41)58(47)37-24-20-35(21-25-37)50-55-49(34-15-8-7-9-16-34)56-51(57-50)36-23-26-40-39-18-12-13-19-43(39)54(5,6)44(40)30-36/h7-27,30-32H,28-29H2,1-6H3. The first-order chi connectivity index (χ1) is 28.0. The number of aromatic nitrogens is 4. The zero-order valence-corrected chi connectivity index (χ0v) is 34.1. The minimum atomic E-state index is -0.126. The highest BCUT2D eigenvalue weighted by Crippen LogP contribution is 2.51. The summed E-state index contributed by atoms with van der Waals surface area (Å²) in [6.07, 6.45) is 2.36. The third-order valence-corrected chi connectivity index (χ3v) is 13.5. The van der Waals surface area contributed by atoms with Gasteiger partial charge in [0.05, 0.1) is 11.0 Å². The smallest absolute Gasteiger partial charge is 0.164 e. The van der Waals surface area contributed by atoms with Crippen LogP contribution in [0.3, 0.4) is 0 Å². The summed E-state index contributed by atoms with van der Waals surface area (Å²) < 4.78 is 2.49. The molecule has 0 atom stereocenters. The molecule has 2 aliphatic carbocycles. The largest absolute Gasteiger partial charge is 0.309 e. The van der Waals surface area contributed by atoms with Gasteiger partial charge in [-0.2, -0.15) is 0 Å². The predicted octanol–water partition coefficient (Wildman–Crippen LogP) is 13.8. The highest BCUT2D eigenvalue weighted by Gasteiger charge is 2.38. The molecule has 0 spiro atoms. The molecule has 0 radical (unpaired) electrons. The van der Waals surface area contributed by atoms with Crippen LogP contribution in [0.4, 0.5) is 0 Å². The Morgan fingerprint density at radius 1 is 0.431 bits per heavy atom. The van der Waals surface area contributed by atoms with E-state index < -0.39 is 0 Å². The molecule has 0 aliphatic heterocycles. The first kappa shape index (κ1) is 34.8. The van der Waals surface area contributed by atoms with Crippen molar-refractivity contribution >= 4 is 32.6 Å². The van der Waals surface area contributed by atoms with Crippen LogP contribution in [0.15, 0.2) is 146 Å². The van der Waals surface area contributed by atoms with Crippen molar-refractivity contribution in [2.75, 3.05) is 0 Å². The van der Waals surface area contributed by atoms with Crippen molar-refractivity contribution in [3.05, 3.63) is 168 Å². The molecule has 4 nitrogen and oxygen atoms in total. The molecule has 0 unspecified atom stereocenters. The Hall–Kier alpha value is -6.39. The Morgan fingerprint density at radius 2 is 1.02 bits per heavy atom. The first-order valence-corrected chi connectivity index (χ1v) is 20.7. The summed E-state index contributed by atoms with van der Waals surface area (Å²) in [5.41, 5.74) is 14.8. The normalized spacial score (nSPS) is 16.0. The van der Waals surface area contributed by atoms with Gasteiger partial charge in [0.15, 0.2) is 17.5 Å². The van der Waals surface area contributed by atoms with E-state index in [-0.39, 0.29) is 16.2 Å². The lowest BCUT2D eigenvalue weighted by Crippen LogP contribution is -2.33. The van der Waals surface area contributed by atoms with Gasteiger partial charge in [-0.15, -0.1) is 0 Å². The van der Waals surface area contributed by atoms with Gasteiger partial charge in [0.25, 0.3) is 0 Å². The SMILES string of the molecule is CC1(C)CCC(C)(C)c2cc3c(cc21)c1ccc2ccccc2c1n3-c1ccc(-c2nc(-c3ccccc3)nc(-c3ccc4c(c3)C(C)(C)c3ccccc3-4)n2)cc1. The van der Waals surface area contributed by atoms with Gasteiger partial charge in [-0.1, -0.05) is 145 Å². The Bertz CT molecular complexity index is 3130. The van der Waals surface area contributed by atoms with Crippen molar-refractivity contribution in [1.29, 1.82) is 0 Å². The molecule has 0 fully saturated rings. The highest BCUT2D eigenvalue weighted by atomic mass is 15.0. The maximum Gasteiger partial charge on any atom is 0.164 e. The number of hydrogen-bond acceptors (Lipinski definition) is 3. The molecule has 0 N–H and O–H groups in total. The van der Waals surface area contributed by atoms with Crippen molar-refractivity contribution in [3.63, 3.8) is 0 Å². The van der Waals surface area contributed by atoms with Crippen molar-refractivity contribution in [2.24, 2.45) is 0 Å². The first-order valence-electron chi connectivity index (χ1n) is 20.7. The fraction of sp³-hybridized carbons (Fsp3) is 0.204. The van der Waals surface area contributed by atoms with Gasteiger partial charge in [0.1, 0.15) is 0 Å². The third kappa shape index (κ3) is 5.17. The van der Waals surface area contributed by atoms with Crippen LogP contribution in [0.25, 0.3) is 83.6 Å². The zero-order valence-electron chi connectivity index (χ0n) is 34.1. The molecule has 7 aromatic carbocycles. The maximum absolute atomic E-state index is 5.20. The van der Waals surface area contributed by atoms with E-state index in [9.17, 15) is 0 Å². The van der Waals surface area contributed by atoms with Gasteiger partial charge < -0.3 is 4.57 Å². The van der Waals surface area contributed by atoms with E-state index in [1.807, 2.05) is 18.2 Å². The van der Waals surface area contributed by atoms with Crippen molar-refractivity contribution < 1.29 is 0 Å². The molecule has 4 heteroatoms. The summed E-state index contributed by atoms with van der Waals surface area (Å²) in [7, 11) is 0. The van der Waals surface area contributed by atoms with Gasteiger partial charge >= 0.3 is 0 Å². The second-order valence-electron chi connectivity index (χ2n) is 18.4. The van der Waals surface area contributed by atoms with Crippen LogP contribution in [0.5, 0.6) is 0 Å². The lowest BCUT2D eigenvalue weighted by molar-refractivity contribution is 0.332. The lowest BCUT2D eigenvalue weighted by atomic mass is 9.63. The average Bonchev–Trinajstić information content (AvgIpc) is 3.70. The van der Waals surface area contributed by atoms with E-state index in [0.717, 1.165) is 22.4 Å². The van der Waals surface area contributed by atoms with E-state index in [1.165, 1.54) is 78.8 Å². The molecule has 0 amide bonds.